The van der Waals surface area contributed by atoms with Gasteiger partial charge in [0.15, 0.2) is 9.84 Å². The van der Waals surface area contributed by atoms with E-state index in [1.54, 1.807) is 12.1 Å². The molecule has 0 unspecified atom stereocenters. The Morgan fingerprint density at radius 3 is 2.58 bits per heavy atom. The van der Waals surface area contributed by atoms with Gasteiger partial charge in [-0.2, -0.15) is 0 Å². The average Bonchev–Trinajstić information content (AvgIpc) is 2.86. The number of hydrogen-bond acceptors (Lipinski definition) is 6. The number of aromatic nitrogens is 2. The van der Waals surface area contributed by atoms with E-state index in [0.29, 0.717) is 18.5 Å². The highest BCUT2D eigenvalue weighted by Crippen LogP contribution is 2.39. The molecule has 3 aromatic rings. The van der Waals surface area contributed by atoms with Crippen molar-refractivity contribution in [3.05, 3.63) is 82.6 Å². The van der Waals surface area contributed by atoms with Crippen LogP contribution in [0.25, 0.3) is 0 Å². The predicted octanol–water partition coefficient (Wildman–Crippen LogP) is 6.03. The van der Waals surface area contributed by atoms with Gasteiger partial charge < -0.3 is 10.2 Å². The highest BCUT2D eigenvalue weighted by Gasteiger charge is 2.34. The SMILES string of the molecule is CN(C)[C@H]1C[C@@H](c2cccc(C(C)(F)F)c2)CC[C@@H]1Nc1cc(F)c(S(=O)(=O)Cc2ccncn2)cc1Cl. The molecule has 0 amide bonds. The molecular weight excluding hydrogens is 537 g/mol. The van der Waals surface area contributed by atoms with Crippen molar-refractivity contribution < 1.29 is 21.6 Å². The highest BCUT2D eigenvalue weighted by atomic mass is 35.5. The van der Waals surface area contributed by atoms with Crippen LogP contribution in [0, 0.1) is 5.82 Å². The fourth-order valence-corrected chi connectivity index (χ4v) is 6.66. The molecule has 0 bridgehead atoms. The molecule has 1 aliphatic carbocycles. The minimum Gasteiger partial charge on any atom is -0.379 e. The molecule has 4 rings (SSSR count). The van der Waals surface area contributed by atoms with Gasteiger partial charge in [-0.25, -0.2) is 31.6 Å². The number of anilines is 1. The molecule has 1 saturated carbocycles. The van der Waals surface area contributed by atoms with E-state index < -0.39 is 32.2 Å². The number of alkyl halides is 2. The summed E-state index contributed by atoms with van der Waals surface area (Å²) in [5.74, 6) is -4.21. The number of nitrogens with zero attached hydrogens (tertiary/aromatic N) is 3. The van der Waals surface area contributed by atoms with Crippen LogP contribution < -0.4 is 5.32 Å². The van der Waals surface area contributed by atoms with Crippen molar-refractivity contribution in [3.63, 3.8) is 0 Å². The van der Waals surface area contributed by atoms with Crippen LogP contribution in [0.1, 0.15) is 48.9 Å². The van der Waals surface area contributed by atoms with Crippen molar-refractivity contribution in [2.45, 2.75) is 60.8 Å². The molecule has 38 heavy (non-hydrogen) atoms. The Hall–Kier alpha value is -2.69. The summed E-state index contributed by atoms with van der Waals surface area (Å²) in [6.07, 6.45) is 4.78. The van der Waals surface area contributed by atoms with Gasteiger partial charge in [0, 0.05) is 30.8 Å². The number of nitrogens with one attached hydrogen (secondary N) is 1. The maximum atomic E-state index is 15.1. The lowest BCUT2D eigenvalue weighted by Crippen LogP contribution is -2.47. The smallest absolute Gasteiger partial charge is 0.270 e. The summed E-state index contributed by atoms with van der Waals surface area (Å²) in [6.45, 7) is 0.894. The molecule has 1 fully saturated rings. The first-order valence-corrected chi connectivity index (χ1v) is 14.3. The maximum Gasteiger partial charge on any atom is 0.270 e. The molecule has 1 aromatic heterocycles. The van der Waals surface area contributed by atoms with E-state index in [0.717, 1.165) is 31.0 Å². The van der Waals surface area contributed by atoms with E-state index in [1.807, 2.05) is 25.1 Å². The van der Waals surface area contributed by atoms with Crippen molar-refractivity contribution in [2.75, 3.05) is 19.4 Å². The summed E-state index contributed by atoms with van der Waals surface area (Å²) in [6, 6.07) is 10.1. The number of rotatable bonds is 8. The summed E-state index contributed by atoms with van der Waals surface area (Å²) in [5.41, 5.74) is 1.41. The van der Waals surface area contributed by atoms with E-state index >= 15 is 4.39 Å². The van der Waals surface area contributed by atoms with Crippen LogP contribution in [-0.4, -0.2) is 49.5 Å². The summed E-state index contributed by atoms with van der Waals surface area (Å²) in [4.78, 5) is 9.22. The van der Waals surface area contributed by atoms with Gasteiger partial charge in [0.1, 0.15) is 17.0 Å². The Kier molecular flexibility index (Phi) is 8.34. The van der Waals surface area contributed by atoms with Crippen LogP contribution in [0.2, 0.25) is 5.02 Å². The Bertz CT molecular complexity index is 1380. The standard InChI is InChI=1S/C27H30ClF3N4O2S/c1-27(30,31)19-6-4-5-17(11-19)18-7-8-23(25(12-18)35(2)3)34-24-14-22(29)26(13-21(24)28)38(36,37)15-20-9-10-32-16-33-20/h4-6,9-11,13-14,16,18,23,25,34H,7-8,12,15H2,1-3H3/t18-,23-,25-/m0/s1. The molecule has 1 aliphatic rings. The van der Waals surface area contributed by atoms with E-state index in [9.17, 15) is 17.2 Å². The molecule has 6 nitrogen and oxygen atoms in total. The minimum absolute atomic E-state index is 0.000144. The third kappa shape index (κ3) is 6.47. The highest BCUT2D eigenvalue weighted by molar-refractivity contribution is 7.90. The van der Waals surface area contributed by atoms with Gasteiger partial charge in [0.25, 0.3) is 5.92 Å². The van der Waals surface area contributed by atoms with Crippen molar-refractivity contribution >= 4 is 27.1 Å². The van der Waals surface area contributed by atoms with E-state index in [-0.39, 0.29) is 34.3 Å². The van der Waals surface area contributed by atoms with Gasteiger partial charge in [0.05, 0.1) is 22.2 Å². The van der Waals surface area contributed by atoms with Crippen molar-refractivity contribution in [1.82, 2.24) is 14.9 Å². The second kappa shape index (κ2) is 11.2. The van der Waals surface area contributed by atoms with Gasteiger partial charge in [-0.15, -0.1) is 0 Å². The molecule has 0 aliphatic heterocycles. The third-order valence-electron chi connectivity index (χ3n) is 7.02. The topological polar surface area (TPSA) is 75.2 Å². The van der Waals surface area contributed by atoms with Crippen LogP contribution in [0.3, 0.4) is 0 Å². The summed E-state index contributed by atoms with van der Waals surface area (Å²) in [5, 5.41) is 3.40. The van der Waals surface area contributed by atoms with E-state index in [2.05, 4.69) is 15.3 Å². The maximum absolute atomic E-state index is 15.1. The normalized spacial score (nSPS) is 20.5. The number of halogens is 4. The lowest BCUT2D eigenvalue weighted by molar-refractivity contribution is 0.0173. The Balaban J connectivity index is 1.52. The van der Waals surface area contributed by atoms with Gasteiger partial charge in [-0.1, -0.05) is 29.8 Å². The van der Waals surface area contributed by atoms with Crippen LogP contribution >= 0.6 is 11.6 Å². The van der Waals surface area contributed by atoms with E-state index in [1.165, 1.54) is 24.7 Å². The zero-order chi connectivity index (χ0) is 27.7. The first-order chi connectivity index (χ1) is 17.8. The molecule has 1 heterocycles. The van der Waals surface area contributed by atoms with Crippen molar-refractivity contribution in [2.24, 2.45) is 0 Å². The number of sulfone groups is 1. The predicted molar refractivity (Wildman–Crippen MR) is 142 cm³/mol. The molecule has 204 valence electrons. The van der Waals surface area contributed by atoms with Gasteiger partial charge >= 0.3 is 0 Å². The summed E-state index contributed by atoms with van der Waals surface area (Å²) >= 11 is 6.44. The van der Waals surface area contributed by atoms with Crippen molar-refractivity contribution in [3.8, 4) is 0 Å². The summed E-state index contributed by atoms with van der Waals surface area (Å²) in [7, 11) is -0.164. The summed E-state index contributed by atoms with van der Waals surface area (Å²) < 4.78 is 68.5. The average molecular weight is 567 g/mol. The molecule has 0 saturated heterocycles. The first kappa shape index (κ1) is 28.3. The van der Waals surface area contributed by atoms with Crippen LogP contribution in [0.15, 0.2) is 59.9 Å². The molecule has 0 radical (unpaired) electrons. The minimum atomic E-state index is -4.03. The van der Waals surface area contributed by atoms with Gasteiger partial charge in [-0.05, 0) is 69.1 Å². The fraction of sp³-hybridized carbons (Fsp3) is 0.407. The van der Waals surface area contributed by atoms with E-state index in [4.69, 9.17) is 11.6 Å². The van der Waals surface area contributed by atoms with Crippen LogP contribution in [-0.2, 0) is 21.5 Å². The number of benzene rings is 2. The first-order valence-electron chi connectivity index (χ1n) is 12.2. The second-order valence-electron chi connectivity index (χ2n) is 10.0. The zero-order valence-electron chi connectivity index (χ0n) is 21.3. The Morgan fingerprint density at radius 2 is 1.92 bits per heavy atom. The lowest BCUT2D eigenvalue weighted by Gasteiger charge is -2.41. The lowest BCUT2D eigenvalue weighted by atomic mass is 9.77. The molecule has 2 aromatic carbocycles. The second-order valence-corrected chi connectivity index (χ2v) is 12.4. The van der Waals surface area contributed by atoms with Crippen LogP contribution in [0.5, 0.6) is 0 Å². The van der Waals surface area contributed by atoms with Crippen LogP contribution in [0.4, 0.5) is 18.9 Å². The quantitative estimate of drug-likeness (QED) is 0.359. The molecule has 1 N–H and O–H groups in total. The fourth-order valence-electron chi connectivity index (χ4n) is 5.01. The molecule has 11 heteroatoms. The molecule has 0 spiro atoms. The van der Waals surface area contributed by atoms with Gasteiger partial charge in [-0.3, -0.25) is 0 Å². The Labute approximate surface area is 226 Å². The van der Waals surface area contributed by atoms with Gasteiger partial charge in [0.2, 0.25) is 0 Å². The monoisotopic (exact) mass is 566 g/mol. The molecule has 3 atom stereocenters. The molecular formula is C27H30ClF3N4O2S. The van der Waals surface area contributed by atoms with Crippen molar-refractivity contribution in [1.29, 1.82) is 0 Å². The zero-order valence-corrected chi connectivity index (χ0v) is 22.9. The Morgan fingerprint density at radius 1 is 1.16 bits per heavy atom. The largest absolute Gasteiger partial charge is 0.379 e. The third-order valence-corrected chi connectivity index (χ3v) is 8.99. The number of likely N-dealkylation sites (N-methyl/N-ethyl adjacent to an activating group) is 1. The number of hydrogen-bond donors (Lipinski definition) is 1.